The lowest BCUT2D eigenvalue weighted by Crippen LogP contribution is -2.10. The second-order valence-corrected chi connectivity index (χ2v) is 2.69. The van der Waals surface area contributed by atoms with E-state index < -0.39 is 40.0 Å². The van der Waals surface area contributed by atoms with Crippen molar-refractivity contribution < 1.29 is 23.6 Å². The van der Waals surface area contributed by atoms with Gasteiger partial charge in [0, 0.05) is 0 Å². The lowest BCUT2D eigenvalue weighted by atomic mass is 10.1. The van der Waals surface area contributed by atoms with E-state index in [1.165, 1.54) is 0 Å². The van der Waals surface area contributed by atoms with Gasteiger partial charge < -0.3 is 21.0 Å². The Morgan fingerprint density at radius 3 is 2.56 bits per heavy atom. The summed E-state index contributed by atoms with van der Waals surface area (Å²) in [6, 6.07) is 0. The number of nitrogens with two attached hydrogens (primary N) is 1. The lowest BCUT2D eigenvalue weighted by Gasteiger charge is -2.06. The van der Waals surface area contributed by atoms with Gasteiger partial charge in [-0.15, -0.1) is 0 Å². The van der Waals surface area contributed by atoms with Crippen molar-refractivity contribution in [2.75, 3.05) is 5.73 Å². The molecule has 7 nitrogen and oxygen atoms in total. The van der Waals surface area contributed by atoms with Crippen LogP contribution in [0.2, 0.25) is 0 Å². The molecule has 86 valence electrons. The van der Waals surface area contributed by atoms with Crippen molar-refractivity contribution in [3.05, 3.63) is 27.4 Å². The number of pyridine rings is 1. The van der Waals surface area contributed by atoms with Crippen LogP contribution in [-0.4, -0.2) is 21.0 Å². The van der Waals surface area contributed by atoms with Crippen LogP contribution in [0.25, 0.3) is 0 Å². The Morgan fingerprint density at radius 2 is 2.19 bits per heavy atom. The van der Waals surface area contributed by atoms with Crippen LogP contribution in [0.1, 0.15) is 22.3 Å². The van der Waals surface area contributed by atoms with Crippen LogP contribution < -0.4 is 5.73 Å². The van der Waals surface area contributed by atoms with Crippen LogP contribution in [0.3, 0.4) is 0 Å². The maximum absolute atomic E-state index is 12.5. The van der Waals surface area contributed by atoms with E-state index in [2.05, 4.69) is 4.98 Å². The Morgan fingerprint density at radius 1 is 1.62 bits per heavy atom. The predicted octanol–water partition coefficient (Wildman–Crippen LogP) is 1.21. The van der Waals surface area contributed by atoms with E-state index in [0.29, 0.717) is 6.20 Å². The van der Waals surface area contributed by atoms with Gasteiger partial charge in [-0.05, 0) is 9.91 Å². The molecule has 0 fully saturated rings. The van der Waals surface area contributed by atoms with Crippen LogP contribution in [0.4, 0.5) is 20.3 Å². The number of aromatic nitrogens is 1. The number of carboxylic acid groups (broad SMARTS) is 1. The number of carboxylic acids is 1. The quantitative estimate of drug-likeness (QED) is 0.598. The largest absolute Gasteiger partial charge is 0.477 e. The van der Waals surface area contributed by atoms with Crippen molar-refractivity contribution in [3.63, 3.8) is 0 Å². The molecule has 0 aliphatic rings. The van der Waals surface area contributed by atoms with E-state index in [1.807, 2.05) is 0 Å². The summed E-state index contributed by atoms with van der Waals surface area (Å²) in [5.41, 5.74) is 2.41. The maximum Gasteiger partial charge on any atom is 0.374 e. The molecular formula is C7H5F2N3O4. The summed E-state index contributed by atoms with van der Waals surface area (Å²) in [5.74, 6) is -2.72. The first kappa shape index (κ1) is 11.8. The van der Waals surface area contributed by atoms with Crippen molar-refractivity contribution in [2.24, 2.45) is 0 Å². The zero-order chi connectivity index (χ0) is 12.5. The summed E-state index contributed by atoms with van der Waals surface area (Å²) < 4.78 is 24.9. The number of hydrogen-bond acceptors (Lipinski definition) is 5. The van der Waals surface area contributed by atoms with Crippen molar-refractivity contribution in [2.45, 2.75) is 6.43 Å². The number of hydrogen-bond donors (Lipinski definition) is 2. The fourth-order valence-electron chi connectivity index (χ4n) is 1.06. The Bertz CT molecular complexity index is 463. The number of aromatic carboxylic acids is 1. The molecule has 0 spiro atoms. The highest BCUT2D eigenvalue weighted by molar-refractivity contribution is 5.94. The van der Waals surface area contributed by atoms with Gasteiger partial charge in [-0.2, -0.15) is 0 Å². The van der Waals surface area contributed by atoms with Gasteiger partial charge in [0.1, 0.15) is 11.1 Å². The summed E-state index contributed by atoms with van der Waals surface area (Å²) in [7, 11) is 0. The number of nitrogen functional groups attached to an aromatic ring is 1. The van der Waals surface area contributed by atoms with E-state index in [-0.39, 0.29) is 0 Å². The molecule has 0 saturated carbocycles. The third-order valence-corrected chi connectivity index (χ3v) is 1.76. The van der Waals surface area contributed by atoms with Gasteiger partial charge in [-0.1, -0.05) is 0 Å². The van der Waals surface area contributed by atoms with Gasteiger partial charge in [0.25, 0.3) is 6.43 Å². The Balaban J connectivity index is 3.54. The lowest BCUT2D eigenvalue weighted by molar-refractivity contribution is -0.390. The highest BCUT2D eigenvalue weighted by atomic mass is 19.3. The Hall–Kier alpha value is -2.32. The van der Waals surface area contributed by atoms with Gasteiger partial charge in [0.2, 0.25) is 0 Å². The summed E-state index contributed by atoms with van der Waals surface area (Å²) in [5, 5.41) is 18.9. The van der Waals surface area contributed by atoms with Gasteiger partial charge >= 0.3 is 11.8 Å². The van der Waals surface area contributed by atoms with E-state index in [0.717, 1.165) is 0 Å². The SMILES string of the molecule is Nc1c(C(=O)O)cnc([N+](=O)[O-])c1C(F)F. The topological polar surface area (TPSA) is 119 Å². The molecule has 1 heterocycles. The summed E-state index contributed by atoms with van der Waals surface area (Å²) in [6.45, 7) is 0. The van der Waals surface area contributed by atoms with Crippen LogP contribution in [-0.2, 0) is 0 Å². The molecule has 0 atom stereocenters. The third kappa shape index (κ3) is 1.87. The minimum atomic E-state index is -3.27. The maximum atomic E-state index is 12.5. The third-order valence-electron chi connectivity index (χ3n) is 1.76. The molecular weight excluding hydrogens is 228 g/mol. The molecule has 3 N–H and O–H groups in total. The summed E-state index contributed by atoms with van der Waals surface area (Å²) >= 11 is 0. The van der Waals surface area contributed by atoms with E-state index in [4.69, 9.17) is 10.8 Å². The smallest absolute Gasteiger partial charge is 0.374 e. The van der Waals surface area contributed by atoms with Crippen LogP contribution in [0, 0.1) is 10.1 Å². The number of rotatable bonds is 3. The number of nitrogens with zero attached hydrogens (tertiary/aromatic N) is 2. The Kier molecular flexibility index (Phi) is 2.97. The highest BCUT2D eigenvalue weighted by Gasteiger charge is 2.30. The molecule has 1 rings (SSSR count). The molecule has 1 aromatic heterocycles. The second-order valence-electron chi connectivity index (χ2n) is 2.69. The molecule has 9 heteroatoms. The number of nitro groups is 1. The van der Waals surface area contributed by atoms with Crippen LogP contribution in [0.5, 0.6) is 0 Å². The molecule has 0 aliphatic heterocycles. The summed E-state index contributed by atoms with van der Waals surface area (Å²) in [6.07, 6.45) is -2.70. The molecule has 0 aromatic carbocycles. The standard InChI is InChI=1S/C7H5F2N3O4/c8-5(9)3-4(10)2(7(13)14)1-11-6(3)12(15)16/h1,5H,(H2,10,11)(H,13,14). The van der Waals surface area contributed by atoms with Crippen molar-refractivity contribution in [1.82, 2.24) is 4.98 Å². The zero-order valence-corrected chi connectivity index (χ0v) is 7.55. The number of alkyl halides is 2. The monoisotopic (exact) mass is 233 g/mol. The molecule has 0 aliphatic carbocycles. The molecule has 1 aromatic rings. The van der Waals surface area contributed by atoms with Crippen LogP contribution in [0.15, 0.2) is 6.20 Å². The van der Waals surface area contributed by atoms with Gasteiger partial charge in [0.15, 0.2) is 6.20 Å². The van der Waals surface area contributed by atoms with Crippen molar-refractivity contribution in [3.8, 4) is 0 Å². The molecule has 0 unspecified atom stereocenters. The molecule has 0 saturated heterocycles. The van der Waals surface area contributed by atoms with Gasteiger partial charge in [-0.25, -0.2) is 13.6 Å². The Labute approximate surface area is 86.7 Å². The first-order chi connectivity index (χ1) is 7.36. The minimum Gasteiger partial charge on any atom is -0.477 e. The fourth-order valence-corrected chi connectivity index (χ4v) is 1.06. The zero-order valence-electron chi connectivity index (χ0n) is 7.55. The minimum absolute atomic E-state index is 0.571. The molecule has 0 bridgehead atoms. The average Bonchev–Trinajstić information content (AvgIpc) is 2.15. The second kappa shape index (κ2) is 4.04. The normalized spacial score (nSPS) is 10.4. The van der Waals surface area contributed by atoms with E-state index in [1.54, 1.807) is 0 Å². The molecule has 16 heavy (non-hydrogen) atoms. The molecule has 0 radical (unpaired) electrons. The highest BCUT2D eigenvalue weighted by Crippen LogP contribution is 2.33. The van der Waals surface area contributed by atoms with Gasteiger partial charge in [0.05, 0.1) is 5.69 Å². The first-order valence-electron chi connectivity index (χ1n) is 3.80. The first-order valence-corrected chi connectivity index (χ1v) is 3.80. The number of halogens is 2. The van der Waals surface area contributed by atoms with Crippen molar-refractivity contribution >= 4 is 17.5 Å². The molecule has 0 amide bonds. The van der Waals surface area contributed by atoms with E-state index >= 15 is 0 Å². The summed E-state index contributed by atoms with van der Waals surface area (Å²) in [4.78, 5) is 22.8. The number of anilines is 1. The number of carbonyl (C=O) groups is 1. The average molecular weight is 233 g/mol. The van der Waals surface area contributed by atoms with E-state index in [9.17, 15) is 23.7 Å². The van der Waals surface area contributed by atoms with Crippen LogP contribution >= 0.6 is 0 Å². The fraction of sp³-hybridized carbons (Fsp3) is 0.143. The van der Waals surface area contributed by atoms with Crippen molar-refractivity contribution in [1.29, 1.82) is 0 Å². The van der Waals surface area contributed by atoms with Gasteiger partial charge in [-0.3, -0.25) is 0 Å². The predicted molar refractivity (Wildman–Crippen MR) is 47.2 cm³/mol.